The van der Waals surface area contributed by atoms with Gasteiger partial charge in [0.25, 0.3) is 0 Å². The highest BCUT2D eigenvalue weighted by Crippen LogP contribution is 2.08. The predicted molar refractivity (Wildman–Crippen MR) is 67.2 cm³/mol. The smallest absolute Gasteiger partial charge is 0.0462 e. The fourth-order valence-corrected chi connectivity index (χ4v) is 1.64. The third-order valence-electron chi connectivity index (χ3n) is 2.59. The van der Waals surface area contributed by atoms with Crippen LogP contribution in [0.4, 0.5) is 0 Å². The van der Waals surface area contributed by atoms with Crippen LogP contribution in [0.3, 0.4) is 0 Å². The number of ether oxygens (including phenoxy) is 1. The zero-order valence-electron chi connectivity index (χ0n) is 11.0. The fourth-order valence-electron chi connectivity index (χ4n) is 1.64. The molecular weight excluding hydrogens is 186 g/mol. The highest BCUT2D eigenvalue weighted by atomic mass is 16.5. The molecule has 0 radical (unpaired) electrons. The van der Waals surface area contributed by atoms with Crippen LogP contribution in [0.5, 0.6) is 0 Å². The topological polar surface area (TPSA) is 21.3 Å². The van der Waals surface area contributed by atoms with Gasteiger partial charge < -0.3 is 10.1 Å². The van der Waals surface area contributed by atoms with Crippen LogP contribution in [0.2, 0.25) is 0 Å². The van der Waals surface area contributed by atoms with Crippen LogP contribution in [-0.4, -0.2) is 26.8 Å². The van der Waals surface area contributed by atoms with Crippen molar-refractivity contribution in [1.29, 1.82) is 0 Å². The molecule has 1 N–H and O–H groups in total. The summed E-state index contributed by atoms with van der Waals surface area (Å²) in [4.78, 5) is 0. The Morgan fingerprint density at radius 2 is 1.73 bits per heavy atom. The summed E-state index contributed by atoms with van der Waals surface area (Å²) >= 11 is 0. The van der Waals surface area contributed by atoms with Gasteiger partial charge in [-0.15, -0.1) is 0 Å². The first-order valence-corrected chi connectivity index (χ1v) is 6.36. The summed E-state index contributed by atoms with van der Waals surface area (Å²) in [6.45, 7) is 10.1. The third-order valence-corrected chi connectivity index (χ3v) is 2.59. The first-order chi connectivity index (χ1) is 7.16. The molecule has 0 aliphatic rings. The monoisotopic (exact) mass is 215 g/mol. The average Bonchev–Trinajstić information content (AvgIpc) is 2.17. The normalized spacial score (nSPS) is 13.4. The van der Waals surface area contributed by atoms with Crippen LogP contribution in [0.15, 0.2) is 0 Å². The van der Waals surface area contributed by atoms with E-state index >= 15 is 0 Å². The molecule has 15 heavy (non-hydrogen) atoms. The summed E-state index contributed by atoms with van der Waals surface area (Å²) in [5, 5.41) is 3.51. The molecule has 0 aliphatic carbocycles. The van der Waals surface area contributed by atoms with Crippen molar-refractivity contribution < 1.29 is 4.74 Å². The molecule has 0 spiro atoms. The summed E-state index contributed by atoms with van der Waals surface area (Å²) in [5.74, 6) is 1.57. The van der Waals surface area contributed by atoms with Gasteiger partial charge in [0.1, 0.15) is 0 Å². The quantitative estimate of drug-likeness (QED) is 0.565. The van der Waals surface area contributed by atoms with Crippen molar-refractivity contribution in [2.45, 2.75) is 46.5 Å². The Labute approximate surface area is 95.8 Å². The largest absolute Gasteiger partial charge is 0.385 e. The molecule has 1 atom stereocenters. The molecule has 0 aromatic carbocycles. The minimum Gasteiger partial charge on any atom is -0.385 e. The van der Waals surface area contributed by atoms with E-state index in [0.29, 0.717) is 0 Å². The number of unbranched alkanes of at least 4 members (excludes halogenated alkanes) is 2. The Hall–Kier alpha value is -0.0800. The Bertz CT molecular complexity index is 126. The van der Waals surface area contributed by atoms with Crippen molar-refractivity contribution in [3.8, 4) is 0 Å². The van der Waals surface area contributed by atoms with Crippen molar-refractivity contribution in [2.75, 3.05) is 26.8 Å². The van der Waals surface area contributed by atoms with E-state index in [9.17, 15) is 0 Å². The second-order valence-corrected chi connectivity index (χ2v) is 5.00. The molecule has 0 amide bonds. The van der Waals surface area contributed by atoms with E-state index in [1.54, 1.807) is 7.11 Å². The van der Waals surface area contributed by atoms with Crippen LogP contribution < -0.4 is 5.32 Å². The predicted octanol–water partition coefficient (Wildman–Crippen LogP) is 3.07. The molecule has 2 nitrogen and oxygen atoms in total. The van der Waals surface area contributed by atoms with E-state index in [0.717, 1.165) is 25.0 Å². The lowest BCUT2D eigenvalue weighted by Gasteiger charge is -2.13. The summed E-state index contributed by atoms with van der Waals surface area (Å²) < 4.78 is 5.03. The van der Waals surface area contributed by atoms with E-state index in [4.69, 9.17) is 4.74 Å². The van der Waals surface area contributed by atoms with Gasteiger partial charge in [0.15, 0.2) is 0 Å². The molecular formula is C13H29NO. The van der Waals surface area contributed by atoms with E-state index in [2.05, 4.69) is 26.1 Å². The average molecular weight is 215 g/mol. The molecule has 0 aromatic heterocycles. The zero-order chi connectivity index (χ0) is 11.5. The van der Waals surface area contributed by atoms with Gasteiger partial charge in [-0.1, -0.05) is 33.6 Å². The summed E-state index contributed by atoms with van der Waals surface area (Å²) in [5.41, 5.74) is 0. The molecule has 0 heterocycles. The molecule has 0 aliphatic heterocycles. The molecule has 0 aromatic rings. The Kier molecular flexibility index (Phi) is 10.4. The molecule has 0 saturated carbocycles. The third kappa shape index (κ3) is 11.8. The fraction of sp³-hybridized carbons (Fsp3) is 1.00. The minimum absolute atomic E-state index is 0.763. The van der Waals surface area contributed by atoms with Crippen LogP contribution in [-0.2, 0) is 4.74 Å². The van der Waals surface area contributed by atoms with Gasteiger partial charge in [0.05, 0.1) is 0 Å². The summed E-state index contributed by atoms with van der Waals surface area (Å²) in [6.07, 6.45) is 5.20. The molecule has 1 unspecified atom stereocenters. The number of rotatable bonds is 10. The van der Waals surface area contributed by atoms with Crippen molar-refractivity contribution in [3.63, 3.8) is 0 Å². The van der Waals surface area contributed by atoms with Crippen LogP contribution in [0, 0.1) is 11.8 Å². The SMILES string of the molecule is COCCCCCC(C)CNCC(C)C. The van der Waals surface area contributed by atoms with Gasteiger partial charge in [0, 0.05) is 13.7 Å². The van der Waals surface area contributed by atoms with Gasteiger partial charge in [0.2, 0.25) is 0 Å². The molecule has 0 rings (SSSR count). The van der Waals surface area contributed by atoms with Crippen LogP contribution in [0.1, 0.15) is 46.5 Å². The van der Waals surface area contributed by atoms with Gasteiger partial charge in [-0.2, -0.15) is 0 Å². The summed E-state index contributed by atoms with van der Waals surface area (Å²) in [7, 11) is 1.78. The highest BCUT2D eigenvalue weighted by molar-refractivity contribution is 4.59. The maximum absolute atomic E-state index is 5.03. The highest BCUT2D eigenvalue weighted by Gasteiger charge is 2.01. The van der Waals surface area contributed by atoms with Crippen molar-refractivity contribution in [1.82, 2.24) is 5.32 Å². The summed E-state index contributed by atoms with van der Waals surface area (Å²) in [6, 6.07) is 0. The minimum atomic E-state index is 0.763. The second-order valence-electron chi connectivity index (χ2n) is 5.00. The molecule has 0 fully saturated rings. The Morgan fingerprint density at radius 1 is 1.00 bits per heavy atom. The lowest BCUT2D eigenvalue weighted by Crippen LogP contribution is -2.25. The van der Waals surface area contributed by atoms with E-state index in [1.165, 1.54) is 32.2 Å². The van der Waals surface area contributed by atoms with Gasteiger partial charge in [-0.3, -0.25) is 0 Å². The first-order valence-electron chi connectivity index (χ1n) is 6.36. The maximum Gasteiger partial charge on any atom is 0.0462 e. The van der Waals surface area contributed by atoms with Crippen LogP contribution >= 0.6 is 0 Å². The molecule has 2 heteroatoms. The number of methoxy groups -OCH3 is 1. The molecule has 0 bridgehead atoms. The van der Waals surface area contributed by atoms with Gasteiger partial charge in [-0.05, 0) is 37.8 Å². The lowest BCUT2D eigenvalue weighted by molar-refractivity contribution is 0.191. The number of nitrogens with one attached hydrogen (secondary N) is 1. The molecule has 92 valence electrons. The first kappa shape index (κ1) is 14.9. The second kappa shape index (κ2) is 10.4. The maximum atomic E-state index is 5.03. The standard InChI is InChI=1S/C13H29NO/c1-12(2)10-14-11-13(3)8-6-5-7-9-15-4/h12-14H,5-11H2,1-4H3. The van der Waals surface area contributed by atoms with Gasteiger partial charge >= 0.3 is 0 Å². The van der Waals surface area contributed by atoms with E-state index in [1.807, 2.05) is 0 Å². The van der Waals surface area contributed by atoms with Crippen molar-refractivity contribution in [2.24, 2.45) is 11.8 Å². The Balaban J connectivity index is 3.15. The number of hydrogen-bond acceptors (Lipinski definition) is 2. The van der Waals surface area contributed by atoms with E-state index < -0.39 is 0 Å². The Morgan fingerprint density at radius 3 is 2.33 bits per heavy atom. The van der Waals surface area contributed by atoms with E-state index in [-0.39, 0.29) is 0 Å². The van der Waals surface area contributed by atoms with Crippen LogP contribution in [0.25, 0.3) is 0 Å². The van der Waals surface area contributed by atoms with Crippen molar-refractivity contribution >= 4 is 0 Å². The molecule has 0 saturated heterocycles. The number of hydrogen-bond donors (Lipinski definition) is 1. The zero-order valence-corrected chi connectivity index (χ0v) is 11.0. The van der Waals surface area contributed by atoms with Gasteiger partial charge in [-0.25, -0.2) is 0 Å². The lowest BCUT2D eigenvalue weighted by atomic mass is 10.0. The van der Waals surface area contributed by atoms with Crippen molar-refractivity contribution in [3.05, 3.63) is 0 Å².